The minimum atomic E-state index is -0.975. The van der Waals surface area contributed by atoms with Crippen LogP contribution in [0, 0.1) is 0 Å². The van der Waals surface area contributed by atoms with Crippen LogP contribution >= 0.6 is 0 Å². The topological polar surface area (TPSA) is 87.1 Å². The predicted molar refractivity (Wildman–Crippen MR) is 69.0 cm³/mol. The first kappa shape index (κ1) is 14.6. The van der Waals surface area contributed by atoms with Crippen molar-refractivity contribution in [3.63, 3.8) is 0 Å². The van der Waals surface area contributed by atoms with Gasteiger partial charge in [0.1, 0.15) is 5.75 Å². The van der Waals surface area contributed by atoms with E-state index in [-0.39, 0.29) is 12.2 Å². The van der Waals surface area contributed by atoms with Crippen molar-refractivity contribution in [3.05, 3.63) is 36.0 Å². The summed E-state index contributed by atoms with van der Waals surface area (Å²) in [6, 6.07) is 4.38. The van der Waals surface area contributed by atoms with Gasteiger partial charge in [-0.2, -0.15) is 0 Å². The molecule has 0 fully saturated rings. The number of rotatable bonds is 5. The summed E-state index contributed by atoms with van der Waals surface area (Å²) in [7, 11) is 2.90. The minimum absolute atomic E-state index is 0.0162. The Labute approximate surface area is 110 Å². The van der Waals surface area contributed by atoms with Gasteiger partial charge in [-0.1, -0.05) is 6.07 Å². The highest BCUT2D eigenvalue weighted by Crippen LogP contribution is 2.25. The van der Waals surface area contributed by atoms with Crippen LogP contribution in [0.3, 0.4) is 0 Å². The Bertz CT molecular complexity index is 510. The molecule has 0 bridgehead atoms. The number of anilines is 1. The SMILES string of the molecule is COC(=O)C=CN(C)c1cc(O)ccc1CC(=O)O. The molecular weight excluding hydrogens is 250 g/mol. The van der Waals surface area contributed by atoms with E-state index >= 15 is 0 Å². The highest BCUT2D eigenvalue weighted by molar-refractivity contribution is 5.82. The summed E-state index contributed by atoms with van der Waals surface area (Å²) in [5.41, 5.74) is 1.03. The number of carboxylic acid groups (broad SMARTS) is 1. The first-order chi connectivity index (χ1) is 8.93. The molecule has 0 unspecified atom stereocenters. The third-order valence-electron chi connectivity index (χ3n) is 2.43. The Morgan fingerprint density at radius 3 is 2.68 bits per heavy atom. The molecule has 0 saturated carbocycles. The van der Waals surface area contributed by atoms with Crippen LogP contribution in [0.15, 0.2) is 30.5 Å². The van der Waals surface area contributed by atoms with Gasteiger partial charge in [-0.25, -0.2) is 4.79 Å². The number of carbonyl (C=O) groups is 2. The van der Waals surface area contributed by atoms with Gasteiger partial charge in [0.2, 0.25) is 0 Å². The van der Waals surface area contributed by atoms with Gasteiger partial charge in [-0.05, 0) is 11.6 Å². The Morgan fingerprint density at radius 1 is 1.42 bits per heavy atom. The predicted octanol–water partition coefficient (Wildman–Crippen LogP) is 1.14. The molecule has 0 aliphatic carbocycles. The molecule has 0 atom stereocenters. The molecule has 2 N–H and O–H groups in total. The summed E-state index contributed by atoms with van der Waals surface area (Å²) in [5, 5.41) is 18.3. The highest BCUT2D eigenvalue weighted by atomic mass is 16.5. The van der Waals surface area contributed by atoms with E-state index in [1.54, 1.807) is 7.05 Å². The van der Waals surface area contributed by atoms with E-state index in [1.165, 1.54) is 42.5 Å². The fraction of sp³-hybridized carbons (Fsp3) is 0.231. The van der Waals surface area contributed by atoms with Gasteiger partial charge in [0.25, 0.3) is 0 Å². The molecule has 6 heteroatoms. The number of hydrogen-bond acceptors (Lipinski definition) is 5. The van der Waals surface area contributed by atoms with Crippen molar-refractivity contribution >= 4 is 17.6 Å². The average molecular weight is 265 g/mol. The van der Waals surface area contributed by atoms with Crippen molar-refractivity contribution < 1.29 is 24.5 Å². The van der Waals surface area contributed by atoms with Crippen LogP contribution in [0.25, 0.3) is 0 Å². The molecular formula is C13H15NO5. The average Bonchev–Trinajstić information content (AvgIpc) is 2.37. The molecule has 6 nitrogen and oxygen atoms in total. The van der Waals surface area contributed by atoms with E-state index in [0.29, 0.717) is 11.3 Å². The van der Waals surface area contributed by atoms with Gasteiger partial charge in [0.15, 0.2) is 0 Å². The number of carbonyl (C=O) groups excluding carboxylic acids is 1. The number of esters is 1. The van der Waals surface area contributed by atoms with Crippen molar-refractivity contribution in [1.29, 1.82) is 0 Å². The number of benzene rings is 1. The highest BCUT2D eigenvalue weighted by Gasteiger charge is 2.10. The zero-order chi connectivity index (χ0) is 14.4. The van der Waals surface area contributed by atoms with Crippen molar-refractivity contribution in [3.8, 4) is 5.75 Å². The first-order valence-electron chi connectivity index (χ1n) is 5.46. The lowest BCUT2D eigenvalue weighted by atomic mass is 10.1. The van der Waals surface area contributed by atoms with Crippen LogP contribution in [-0.4, -0.2) is 36.3 Å². The zero-order valence-electron chi connectivity index (χ0n) is 10.7. The van der Waals surface area contributed by atoms with Crippen molar-refractivity contribution in [1.82, 2.24) is 0 Å². The molecule has 1 aromatic carbocycles. The molecule has 0 radical (unpaired) electrons. The Hall–Kier alpha value is -2.50. The molecule has 0 heterocycles. The smallest absolute Gasteiger partial charge is 0.331 e. The van der Waals surface area contributed by atoms with Gasteiger partial charge in [-0.15, -0.1) is 0 Å². The van der Waals surface area contributed by atoms with E-state index in [2.05, 4.69) is 4.74 Å². The summed E-state index contributed by atoms with van der Waals surface area (Å²) in [4.78, 5) is 23.3. The van der Waals surface area contributed by atoms with E-state index in [4.69, 9.17) is 5.11 Å². The van der Waals surface area contributed by atoms with Crippen molar-refractivity contribution in [2.45, 2.75) is 6.42 Å². The van der Waals surface area contributed by atoms with Crippen molar-refractivity contribution in [2.75, 3.05) is 19.1 Å². The minimum Gasteiger partial charge on any atom is -0.508 e. The van der Waals surface area contributed by atoms with Crippen LogP contribution in [0.4, 0.5) is 5.69 Å². The van der Waals surface area contributed by atoms with E-state index in [0.717, 1.165) is 0 Å². The molecule has 0 aliphatic rings. The molecule has 1 aromatic rings. The largest absolute Gasteiger partial charge is 0.508 e. The normalized spacial score (nSPS) is 10.4. The fourth-order valence-electron chi connectivity index (χ4n) is 1.51. The summed E-state index contributed by atoms with van der Waals surface area (Å²) in [5.74, 6) is -1.48. The molecule has 19 heavy (non-hydrogen) atoms. The van der Waals surface area contributed by atoms with E-state index in [1.807, 2.05) is 0 Å². The Balaban J connectivity index is 3.02. The summed E-state index contributed by atoms with van der Waals surface area (Å²) in [6.45, 7) is 0. The van der Waals surface area contributed by atoms with Gasteiger partial charge < -0.3 is 19.8 Å². The van der Waals surface area contributed by atoms with Crippen LogP contribution in [0.1, 0.15) is 5.56 Å². The number of phenolic OH excluding ortho intramolecular Hbond substituents is 1. The standard InChI is InChI=1S/C13H15NO5/c1-14(6-5-13(18)19-2)11-8-10(15)4-3-9(11)7-12(16)17/h3-6,8,15H,7H2,1-2H3,(H,16,17). The van der Waals surface area contributed by atoms with Gasteiger partial charge in [0.05, 0.1) is 13.5 Å². The summed E-state index contributed by atoms with van der Waals surface area (Å²) < 4.78 is 4.46. The number of aromatic hydroxyl groups is 1. The van der Waals surface area contributed by atoms with Gasteiger partial charge in [0, 0.05) is 31.1 Å². The second-order valence-electron chi connectivity index (χ2n) is 3.83. The molecule has 0 amide bonds. The lowest BCUT2D eigenvalue weighted by Gasteiger charge is -2.18. The Kier molecular flexibility index (Phi) is 4.93. The quantitative estimate of drug-likeness (QED) is 0.613. The van der Waals surface area contributed by atoms with Crippen molar-refractivity contribution in [2.24, 2.45) is 0 Å². The fourth-order valence-corrected chi connectivity index (χ4v) is 1.51. The maximum absolute atomic E-state index is 11.0. The second-order valence-corrected chi connectivity index (χ2v) is 3.83. The lowest BCUT2D eigenvalue weighted by Crippen LogP contribution is -2.13. The second kappa shape index (κ2) is 6.44. The van der Waals surface area contributed by atoms with Crippen LogP contribution in [0.5, 0.6) is 5.75 Å². The maximum Gasteiger partial charge on any atom is 0.331 e. The number of methoxy groups -OCH3 is 1. The summed E-state index contributed by atoms with van der Waals surface area (Å²) >= 11 is 0. The monoisotopic (exact) mass is 265 g/mol. The third kappa shape index (κ3) is 4.34. The van der Waals surface area contributed by atoms with Crippen LogP contribution in [0.2, 0.25) is 0 Å². The third-order valence-corrected chi connectivity index (χ3v) is 2.43. The number of aliphatic carboxylic acids is 1. The summed E-state index contributed by atoms with van der Waals surface area (Å²) in [6.07, 6.45) is 2.46. The van der Waals surface area contributed by atoms with Gasteiger partial charge >= 0.3 is 11.9 Å². The van der Waals surface area contributed by atoms with Crippen LogP contribution in [-0.2, 0) is 20.7 Å². The molecule has 0 aromatic heterocycles. The lowest BCUT2D eigenvalue weighted by molar-refractivity contribution is -0.136. The first-order valence-corrected chi connectivity index (χ1v) is 5.46. The maximum atomic E-state index is 11.0. The number of hydrogen-bond donors (Lipinski definition) is 2. The van der Waals surface area contributed by atoms with Gasteiger partial charge in [-0.3, -0.25) is 4.79 Å². The molecule has 0 aliphatic heterocycles. The molecule has 1 rings (SSSR count). The van der Waals surface area contributed by atoms with Crippen LogP contribution < -0.4 is 4.90 Å². The number of phenols is 1. The van der Waals surface area contributed by atoms with E-state index in [9.17, 15) is 14.7 Å². The molecule has 0 saturated heterocycles. The molecule has 102 valence electrons. The van der Waals surface area contributed by atoms with E-state index < -0.39 is 11.9 Å². The molecule has 0 spiro atoms. The number of nitrogens with zero attached hydrogens (tertiary/aromatic N) is 1. The zero-order valence-corrected chi connectivity index (χ0v) is 10.7. The Morgan fingerprint density at radius 2 is 2.11 bits per heavy atom. The number of ether oxygens (including phenoxy) is 1. The number of carboxylic acids is 1.